The molecule has 2 aromatic rings. The smallest absolute Gasteiger partial charge is 0.328 e. The van der Waals surface area contributed by atoms with Crippen molar-refractivity contribution in [3.8, 4) is 11.5 Å². The van der Waals surface area contributed by atoms with Gasteiger partial charge in [0, 0.05) is 6.08 Å². The summed E-state index contributed by atoms with van der Waals surface area (Å²) in [6.07, 6.45) is 2.94. The fourth-order valence-corrected chi connectivity index (χ4v) is 1.88. The third-order valence-corrected chi connectivity index (χ3v) is 2.94. The molecule has 2 aromatic carbocycles. The summed E-state index contributed by atoms with van der Waals surface area (Å²) in [7, 11) is 0. The van der Waals surface area contributed by atoms with Crippen molar-refractivity contribution in [2.24, 2.45) is 0 Å². The normalized spacial score (nSPS) is 10.8. The van der Waals surface area contributed by atoms with Crippen LogP contribution in [0, 0.1) is 5.82 Å². The van der Waals surface area contributed by atoms with Gasteiger partial charge in [0.25, 0.3) is 0 Å². The van der Waals surface area contributed by atoms with E-state index in [1.807, 2.05) is 25.1 Å². The van der Waals surface area contributed by atoms with E-state index < -0.39 is 11.8 Å². The summed E-state index contributed by atoms with van der Waals surface area (Å²) in [5.41, 5.74) is 1.22. The molecule has 3 nitrogen and oxygen atoms in total. The summed E-state index contributed by atoms with van der Waals surface area (Å²) >= 11 is 0. The lowest BCUT2D eigenvalue weighted by atomic mass is 10.1. The minimum atomic E-state index is -1.14. The molecule has 0 unspecified atom stereocenters. The van der Waals surface area contributed by atoms with Crippen LogP contribution in [0.25, 0.3) is 6.08 Å². The Hall–Kier alpha value is -2.62. The SMILES string of the molecule is CCc1cccc(Oc2cccc(F)c2/C=C/C(=O)O)c1. The molecule has 0 aliphatic rings. The quantitative estimate of drug-likeness (QED) is 0.834. The van der Waals surface area contributed by atoms with Crippen molar-refractivity contribution in [1.29, 1.82) is 0 Å². The number of benzene rings is 2. The van der Waals surface area contributed by atoms with E-state index in [9.17, 15) is 9.18 Å². The van der Waals surface area contributed by atoms with Gasteiger partial charge in [-0.1, -0.05) is 25.1 Å². The zero-order valence-corrected chi connectivity index (χ0v) is 11.5. The van der Waals surface area contributed by atoms with Crippen LogP contribution >= 0.6 is 0 Å². The van der Waals surface area contributed by atoms with Gasteiger partial charge in [-0.2, -0.15) is 0 Å². The maximum absolute atomic E-state index is 13.8. The monoisotopic (exact) mass is 286 g/mol. The summed E-state index contributed by atoms with van der Waals surface area (Å²) in [4.78, 5) is 10.6. The van der Waals surface area contributed by atoms with Gasteiger partial charge in [-0.15, -0.1) is 0 Å². The first-order chi connectivity index (χ1) is 10.1. The van der Waals surface area contributed by atoms with E-state index in [1.165, 1.54) is 18.2 Å². The summed E-state index contributed by atoms with van der Waals surface area (Å²) in [5.74, 6) is -0.806. The molecule has 0 saturated heterocycles. The molecule has 0 saturated carbocycles. The number of hydrogen-bond donors (Lipinski definition) is 1. The van der Waals surface area contributed by atoms with Gasteiger partial charge in [-0.05, 0) is 42.3 Å². The molecule has 0 radical (unpaired) electrons. The molecule has 0 aliphatic heterocycles. The minimum Gasteiger partial charge on any atom is -0.478 e. The van der Waals surface area contributed by atoms with Crippen LogP contribution in [0.4, 0.5) is 4.39 Å². The first kappa shape index (κ1) is 14.8. The van der Waals surface area contributed by atoms with Crippen molar-refractivity contribution in [2.75, 3.05) is 0 Å². The first-order valence-corrected chi connectivity index (χ1v) is 6.56. The molecule has 0 aromatic heterocycles. The zero-order valence-electron chi connectivity index (χ0n) is 11.5. The third kappa shape index (κ3) is 3.92. The van der Waals surface area contributed by atoms with E-state index in [1.54, 1.807) is 12.1 Å². The molecule has 0 heterocycles. The Bertz CT molecular complexity index is 677. The highest BCUT2D eigenvalue weighted by Crippen LogP contribution is 2.28. The molecular formula is C17H15FO3. The zero-order chi connectivity index (χ0) is 15.2. The highest BCUT2D eigenvalue weighted by Gasteiger charge is 2.08. The maximum Gasteiger partial charge on any atom is 0.328 e. The number of hydrogen-bond acceptors (Lipinski definition) is 2. The van der Waals surface area contributed by atoms with Gasteiger partial charge in [0.05, 0.1) is 5.56 Å². The topological polar surface area (TPSA) is 46.5 Å². The van der Waals surface area contributed by atoms with Crippen LogP contribution < -0.4 is 4.74 Å². The average Bonchev–Trinajstić information content (AvgIpc) is 2.46. The van der Waals surface area contributed by atoms with Crippen molar-refractivity contribution in [1.82, 2.24) is 0 Å². The second-order valence-electron chi connectivity index (χ2n) is 4.43. The van der Waals surface area contributed by atoms with Gasteiger partial charge in [0.1, 0.15) is 17.3 Å². The highest BCUT2D eigenvalue weighted by molar-refractivity contribution is 5.86. The predicted octanol–water partition coefficient (Wildman–Crippen LogP) is 4.28. The maximum atomic E-state index is 13.8. The lowest BCUT2D eigenvalue weighted by molar-refractivity contribution is -0.131. The molecule has 108 valence electrons. The Morgan fingerprint density at radius 2 is 2.05 bits per heavy atom. The van der Waals surface area contributed by atoms with E-state index in [-0.39, 0.29) is 11.3 Å². The molecule has 0 bridgehead atoms. The minimum absolute atomic E-state index is 0.113. The molecular weight excluding hydrogens is 271 g/mol. The number of halogens is 1. The fourth-order valence-electron chi connectivity index (χ4n) is 1.88. The highest BCUT2D eigenvalue weighted by atomic mass is 19.1. The number of carboxylic acids is 1. The number of aryl methyl sites for hydroxylation is 1. The van der Waals surface area contributed by atoms with Crippen LogP contribution in [0.5, 0.6) is 11.5 Å². The predicted molar refractivity (Wildman–Crippen MR) is 79.0 cm³/mol. The van der Waals surface area contributed by atoms with Gasteiger partial charge in [0.15, 0.2) is 0 Å². The van der Waals surface area contributed by atoms with Crippen LogP contribution in [-0.4, -0.2) is 11.1 Å². The average molecular weight is 286 g/mol. The van der Waals surface area contributed by atoms with E-state index >= 15 is 0 Å². The van der Waals surface area contributed by atoms with Gasteiger partial charge in [0.2, 0.25) is 0 Å². The molecule has 0 amide bonds. The fraction of sp³-hybridized carbons (Fsp3) is 0.118. The molecule has 0 spiro atoms. The molecule has 4 heteroatoms. The van der Waals surface area contributed by atoms with Gasteiger partial charge < -0.3 is 9.84 Å². The molecule has 2 rings (SSSR count). The third-order valence-electron chi connectivity index (χ3n) is 2.94. The van der Waals surface area contributed by atoms with Crippen LogP contribution in [-0.2, 0) is 11.2 Å². The Kier molecular flexibility index (Phi) is 4.72. The van der Waals surface area contributed by atoms with E-state index in [4.69, 9.17) is 9.84 Å². The molecule has 0 aliphatic carbocycles. The number of carbonyl (C=O) groups is 1. The number of carboxylic acid groups (broad SMARTS) is 1. The number of rotatable bonds is 5. The lowest BCUT2D eigenvalue weighted by Crippen LogP contribution is -1.93. The lowest BCUT2D eigenvalue weighted by Gasteiger charge is -2.10. The number of aliphatic carboxylic acids is 1. The molecule has 21 heavy (non-hydrogen) atoms. The standard InChI is InChI=1S/C17H15FO3/c1-2-12-5-3-6-13(11-12)21-16-8-4-7-15(18)14(16)9-10-17(19)20/h3-11H,2H2,1H3,(H,19,20)/b10-9+. The van der Waals surface area contributed by atoms with Crippen molar-refractivity contribution < 1.29 is 19.0 Å². The van der Waals surface area contributed by atoms with Crippen LogP contribution in [0.3, 0.4) is 0 Å². The van der Waals surface area contributed by atoms with Gasteiger partial charge in [-0.3, -0.25) is 0 Å². The van der Waals surface area contributed by atoms with Crippen LogP contribution in [0.2, 0.25) is 0 Å². The molecule has 1 N–H and O–H groups in total. The molecule has 0 atom stereocenters. The van der Waals surface area contributed by atoms with Crippen molar-refractivity contribution in [2.45, 2.75) is 13.3 Å². The van der Waals surface area contributed by atoms with E-state index in [0.29, 0.717) is 5.75 Å². The van der Waals surface area contributed by atoms with Crippen LogP contribution in [0.1, 0.15) is 18.1 Å². The molecule has 0 fully saturated rings. The van der Waals surface area contributed by atoms with E-state index in [0.717, 1.165) is 18.1 Å². The van der Waals surface area contributed by atoms with E-state index in [2.05, 4.69) is 0 Å². The largest absolute Gasteiger partial charge is 0.478 e. The van der Waals surface area contributed by atoms with Crippen LogP contribution in [0.15, 0.2) is 48.5 Å². The van der Waals surface area contributed by atoms with Crippen molar-refractivity contribution in [3.63, 3.8) is 0 Å². The van der Waals surface area contributed by atoms with Crippen molar-refractivity contribution >= 4 is 12.0 Å². The summed E-state index contributed by atoms with van der Waals surface area (Å²) < 4.78 is 19.5. The van der Waals surface area contributed by atoms with Crippen molar-refractivity contribution in [3.05, 3.63) is 65.5 Å². The van der Waals surface area contributed by atoms with Gasteiger partial charge >= 0.3 is 5.97 Å². The Morgan fingerprint density at radius 3 is 2.76 bits per heavy atom. The summed E-state index contributed by atoms with van der Waals surface area (Å²) in [6, 6.07) is 11.9. The second-order valence-corrected chi connectivity index (χ2v) is 4.43. The Morgan fingerprint density at radius 1 is 1.29 bits per heavy atom. The summed E-state index contributed by atoms with van der Waals surface area (Å²) in [6.45, 7) is 2.03. The number of ether oxygens (including phenoxy) is 1. The Labute approximate surface area is 122 Å². The second kappa shape index (κ2) is 6.70. The summed E-state index contributed by atoms with van der Waals surface area (Å²) in [5, 5.41) is 8.66. The Balaban J connectivity index is 2.35. The first-order valence-electron chi connectivity index (χ1n) is 6.56. The van der Waals surface area contributed by atoms with Gasteiger partial charge in [-0.25, -0.2) is 9.18 Å².